The van der Waals surface area contributed by atoms with Crippen LogP contribution in [0.25, 0.3) is 0 Å². The Morgan fingerprint density at radius 1 is 1.12 bits per heavy atom. The molecule has 0 N–H and O–H groups in total. The minimum Gasteiger partial charge on any atom is -0.342 e. The van der Waals surface area contributed by atoms with Crippen molar-refractivity contribution in [2.24, 2.45) is 11.8 Å². The van der Waals surface area contributed by atoms with Crippen molar-refractivity contribution in [3.8, 4) is 0 Å². The molecule has 2 aliphatic heterocycles. The second-order valence-corrected chi connectivity index (χ2v) is 10.9. The molecule has 2 fully saturated rings. The number of carbonyl (C=O) groups excluding carboxylic acids is 1. The predicted molar refractivity (Wildman–Crippen MR) is 100 cm³/mol. The van der Waals surface area contributed by atoms with Gasteiger partial charge in [-0.25, -0.2) is 8.42 Å². The number of likely N-dealkylation sites (tertiary alicyclic amines) is 1. The second-order valence-electron chi connectivity index (χ2n) is 7.43. The number of piperidine rings is 1. The van der Waals surface area contributed by atoms with E-state index in [0.29, 0.717) is 23.2 Å². The number of rotatable bonds is 3. The summed E-state index contributed by atoms with van der Waals surface area (Å²) in [6.07, 6.45) is 4.82. The Balaban J connectivity index is 1.69. The Morgan fingerprint density at radius 3 is 2.60 bits per heavy atom. The lowest BCUT2D eigenvalue weighted by Gasteiger charge is -2.33. The van der Waals surface area contributed by atoms with E-state index < -0.39 is 10.0 Å². The van der Waals surface area contributed by atoms with Gasteiger partial charge in [0.1, 0.15) is 4.21 Å². The van der Waals surface area contributed by atoms with Gasteiger partial charge in [0.05, 0.1) is 5.92 Å². The molecule has 0 aliphatic carbocycles. The zero-order valence-corrected chi connectivity index (χ0v) is 16.7. The number of sulfonamides is 1. The summed E-state index contributed by atoms with van der Waals surface area (Å²) in [6.45, 7) is 6.62. The highest BCUT2D eigenvalue weighted by Gasteiger charge is 2.35. The van der Waals surface area contributed by atoms with Crippen molar-refractivity contribution in [3.05, 3.63) is 17.0 Å². The van der Waals surface area contributed by atoms with E-state index in [9.17, 15) is 13.2 Å². The highest BCUT2D eigenvalue weighted by molar-refractivity contribution is 7.91. The average Bonchev–Trinajstić information content (AvgIpc) is 2.93. The van der Waals surface area contributed by atoms with Crippen molar-refractivity contribution in [2.75, 3.05) is 26.2 Å². The van der Waals surface area contributed by atoms with Crippen molar-refractivity contribution < 1.29 is 13.2 Å². The van der Waals surface area contributed by atoms with Crippen LogP contribution in [0.15, 0.2) is 16.3 Å². The lowest BCUT2D eigenvalue weighted by Crippen LogP contribution is -2.46. The molecule has 0 bridgehead atoms. The minimum atomic E-state index is -3.47. The summed E-state index contributed by atoms with van der Waals surface area (Å²) in [5.74, 6) is 0.623. The highest BCUT2D eigenvalue weighted by atomic mass is 32.2. The summed E-state index contributed by atoms with van der Waals surface area (Å²) >= 11 is 1.30. The van der Waals surface area contributed by atoms with Crippen molar-refractivity contribution in [1.82, 2.24) is 9.21 Å². The first-order valence-corrected chi connectivity index (χ1v) is 11.5. The number of hydrogen-bond donors (Lipinski definition) is 0. The lowest BCUT2D eigenvalue weighted by molar-refractivity contribution is -0.136. The van der Waals surface area contributed by atoms with Gasteiger partial charge in [-0.15, -0.1) is 11.3 Å². The molecule has 0 radical (unpaired) electrons. The molecule has 1 aromatic rings. The second kappa shape index (κ2) is 7.76. The van der Waals surface area contributed by atoms with Gasteiger partial charge in [-0.2, -0.15) is 4.31 Å². The molecule has 2 saturated heterocycles. The minimum absolute atomic E-state index is 0.149. The van der Waals surface area contributed by atoms with Crippen LogP contribution in [0.4, 0.5) is 0 Å². The Hall–Kier alpha value is -0.920. The normalized spacial score (nSPS) is 26.4. The zero-order valence-electron chi connectivity index (χ0n) is 15.1. The van der Waals surface area contributed by atoms with Gasteiger partial charge in [-0.3, -0.25) is 4.79 Å². The number of amides is 1. The van der Waals surface area contributed by atoms with Gasteiger partial charge >= 0.3 is 0 Å². The third kappa shape index (κ3) is 4.26. The standard InChI is InChI=1S/C18H28N2O3S2/c1-14-5-3-10-19(12-9-14)18(21)16-6-4-11-20(13-16)25(22,23)17-8-7-15(2)24-17/h7-8,14,16H,3-6,9-13H2,1-2H3. The van der Waals surface area contributed by atoms with Crippen LogP contribution in [-0.4, -0.2) is 49.7 Å². The third-order valence-corrected chi connectivity index (χ3v) is 8.70. The summed E-state index contributed by atoms with van der Waals surface area (Å²) < 4.78 is 27.6. The maximum absolute atomic E-state index is 12.9. The molecular formula is C18H28N2O3S2. The number of hydrogen-bond acceptors (Lipinski definition) is 4. The van der Waals surface area contributed by atoms with Crippen molar-refractivity contribution in [3.63, 3.8) is 0 Å². The topological polar surface area (TPSA) is 57.7 Å². The number of carbonyl (C=O) groups is 1. The molecule has 1 amide bonds. The third-order valence-electron chi connectivity index (χ3n) is 5.37. The Labute approximate surface area is 155 Å². The van der Waals surface area contributed by atoms with Crippen molar-refractivity contribution in [1.29, 1.82) is 0 Å². The largest absolute Gasteiger partial charge is 0.342 e. The van der Waals surface area contributed by atoms with E-state index in [-0.39, 0.29) is 11.8 Å². The average molecular weight is 385 g/mol. The quantitative estimate of drug-likeness (QED) is 0.805. The van der Waals surface area contributed by atoms with E-state index >= 15 is 0 Å². The number of aryl methyl sites for hydroxylation is 1. The Bertz CT molecular complexity index is 714. The summed E-state index contributed by atoms with van der Waals surface area (Å²) in [5.41, 5.74) is 0. The Kier molecular flexibility index (Phi) is 5.85. The van der Waals surface area contributed by atoms with Gasteiger partial charge in [0.2, 0.25) is 5.91 Å². The summed E-state index contributed by atoms with van der Waals surface area (Å²) in [7, 11) is -3.47. The highest BCUT2D eigenvalue weighted by Crippen LogP contribution is 2.29. The lowest BCUT2D eigenvalue weighted by atomic mass is 9.98. The van der Waals surface area contributed by atoms with Crippen LogP contribution < -0.4 is 0 Å². The van der Waals surface area contributed by atoms with Crippen LogP contribution in [0.5, 0.6) is 0 Å². The molecule has 2 unspecified atom stereocenters. The van der Waals surface area contributed by atoms with Crippen LogP contribution in [0.2, 0.25) is 0 Å². The van der Waals surface area contributed by atoms with E-state index in [1.165, 1.54) is 22.1 Å². The molecule has 0 aromatic carbocycles. The number of thiophene rings is 1. The molecule has 0 spiro atoms. The summed E-state index contributed by atoms with van der Waals surface area (Å²) in [5, 5.41) is 0. The molecule has 2 aliphatic rings. The van der Waals surface area contributed by atoms with Crippen LogP contribution >= 0.6 is 11.3 Å². The maximum atomic E-state index is 12.9. The molecular weight excluding hydrogens is 356 g/mol. The fraction of sp³-hybridized carbons (Fsp3) is 0.722. The van der Waals surface area contributed by atoms with Crippen LogP contribution in [-0.2, 0) is 14.8 Å². The SMILES string of the molecule is Cc1ccc(S(=O)(=O)N2CCCC(C(=O)N3CCCC(C)CC3)C2)s1. The fourth-order valence-corrected chi connectivity index (χ4v) is 6.74. The van der Waals surface area contributed by atoms with E-state index in [1.807, 2.05) is 17.9 Å². The van der Waals surface area contributed by atoms with Crippen LogP contribution in [0, 0.1) is 18.8 Å². The van der Waals surface area contributed by atoms with Gasteiger partial charge in [0.25, 0.3) is 10.0 Å². The zero-order chi connectivity index (χ0) is 18.0. The first kappa shape index (κ1) is 18.9. The summed E-state index contributed by atoms with van der Waals surface area (Å²) in [4.78, 5) is 15.9. The van der Waals surface area contributed by atoms with E-state index in [4.69, 9.17) is 0 Å². The molecule has 5 nitrogen and oxygen atoms in total. The molecule has 25 heavy (non-hydrogen) atoms. The van der Waals surface area contributed by atoms with Gasteiger partial charge in [0.15, 0.2) is 0 Å². The monoisotopic (exact) mass is 384 g/mol. The van der Waals surface area contributed by atoms with Crippen LogP contribution in [0.1, 0.15) is 43.9 Å². The molecule has 140 valence electrons. The van der Waals surface area contributed by atoms with Gasteiger partial charge in [0, 0.05) is 31.1 Å². The van der Waals surface area contributed by atoms with Gasteiger partial charge in [-0.05, 0) is 57.1 Å². The van der Waals surface area contributed by atoms with Gasteiger partial charge in [-0.1, -0.05) is 6.92 Å². The van der Waals surface area contributed by atoms with Gasteiger partial charge < -0.3 is 4.90 Å². The first-order chi connectivity index (χ1) is 11.9. The Morgan fingerprint density at radius 2 is 1.88 bits per heavy atom. The number of nitrogens with zero attached hydrogens (tertiary/aromatic N) is 2. The molecule has 7 heteroatoms. The summed E-state index contributed by atoms with van der Waals surface area (Å²) in [6, 6.07) is 3.51. The smallest absolute Gasteiger partial charge is 0.252 e. The molecule has 3 rings (SSSR count). The fourth-order valence-electron chi connectivity index (χ4n) is 3.78. The maximum Gasteiger partial charge on any atom is 0.252 e. The molecule has 1 aromatic heterocycles. The van der Waals surface area contributed by atoms with Crippen LogP contribution in [0.3, 0.4) is 0 Å². The molecule has 3 heterocycles. The predicted octanol–water partition coefficient (Wildman–Crippen LogP) is 3.11. The first-order valence-electron chi connectivity index (χ1n) is 9.23. The molecule has 0 saturated carbocycles. The van der Waals surface area contributed by atoms with E-state index in [1.54, 1.807) is 6.07 Å². The van der Waals surface area contributed by atoms with E-state index in [2.05, 4.69) is 6.92 Å². The van der Waals surface area contributed by atoms with Crippen molar-refractivity contribution in [2.45, 2.75) is 50.2 Å². The van der Waals surface area contributed by atoms with E-state index in [0.717, 1.165) is 43.6 Å². The van der Waals surface area contributed by atoms with Crippen molar-refractivity contribution >= 4 is 27.3 Å². The molecule has 2 atom stereocenters.